The first kappa shape index (κ1) is 21.1. The second-order valence-electron chi connectivity index (χ2n) is 6.83. The Morgan fingerprint density at radius 3 is 2.39 bits per heavy atom. The summed E-state index contributed by atoms with van der Waals surface area (Å²) in [4.78, 5) is 16.6. The van der Waals surface area contributed by atoms with E-state index < -0.39 is 17.6 Å². The summed E-state index contributed by atoms with van der Waals surface area (Å²) in [5.74, 6) is -3.72. The number of benzene rings is 2. The molecule has 0 spiro atoms. The van der Waals surface area contributed by atoms with Gasteiger partial charge in [0.25, 0.3) is 5.56 Å². The van der Waals surface area contributed by atoms with Gasteiger partial charge in [-0.15, -0.1) is 0 Å². The number of fused-ring (bicyclic) bond motifs is 1. The van der Waals surface area contributed by atoms with Crippen molar-refractivity contribution in [2.24, 2.45) is 0 Å². The smallest absolute Gasteiger partial charge is 0.324 e. The van der Waals surface area contributed by atoms with Gasteiger partial charge in [-0.25, -0.2) is 9.67 Å². The molecule has 0 saturated carbocycles. The Morgan fingerprint density at radius 1 is 1.06 bits per heavy atom. The van der Waals surface area contributed by atoms with E-state index in [4.69, 9.17) is 11.6 Å². The number of ether oxygens (including phenoxy) is 1. The fourth-order valence-electron chi connectivity index (χ4n) is 3.20. The fourth-order valence-corrected chi connectivity index (χ4v) is 3.33. The molecular formula is C22H17ClFN3O4. The van der Waals surface area contributed by atoms with Crippen LogP contribution in [0.2, 0.25) is 5.02 Å². The molecule has 0 radical (unpaired) electrons. The monoisotopic (exact) mass is 441 g/mol. The molecule has 0 unspecified atom stereocenters. The largest absolute Gasteiger partial charge is 0.338 e. The third kappa shape index (κ3) is 4.06. The van der Waals surface area contributed by atoms with Gasteiger partial charge in [-0.2, -0.15) is 9.49 Å². The molecule has 0 amide bonds. The molecule has 4 rings (SSSR count). The van der Waals surface area contributed by atoms with Crippen LogP contribution >= 0.6 is 11.6 Å². The molecule has 0 fully saturated rings. The quantitative estimate of drug-likeness (QED) is 0.365. The van der Waals surface area contributed by atoms with Crippen LogP contribution in [0.5, 0.6) is 0 Å². The first-order chi connectivity index (χ1) is 14.8. The van der Waals surface area contributed by atoms with Crippen LogP contribution in [0.25, 0.3) is 22.0 Å². The molecule has 0 saturated heterocycles. The van der Waals surface area contributed by atoms with Crippen molar-refractivity contribution < 1.29 is 19.3 Å². The van der Waals surface area contributed by atoms with Crippen molar-refractivity contribution in [1.82, 2.24) is 14.8 Å². The fraction of sp³-hybridized carbons (Fsp3) is 0.136. The summed E-state index contributed by atoms with van der Waals surface area (Å²) in [5.41, 5.74) is 0.231. The normalized spacial score (nSPS) is 11.8. The molecule has 4 aromatic rings. The van der Waals surface area contributed by atoms with Crippen LogP contribution in [0.3, 0.4) is 0 Å². The molecular weight excluding hydrogens is 425 g/mol. The van der Waals surface area contributed by atoms with Gasteiger partial charge < -0.3 is 14.9 Å². The first-order valence-corrected chi connectivity index (χ1v) is 9.59. The zero-order valence-corrected chi connectivity index (χ0v) is 17.0. The molecule has 0 aliphatic heterocycles. The molecule has 2 aromatic heterocycles. The number of nitrogens with zero attached hydrogens (tertiary/aromatic N) is 3. The summed E-state index contributed by atoms with van der Waals surface area (Å²) in [6.45, 7) is 0.154. The van der Waals surface area contributed by atoms with Crippen molar-refractivity contribution >= 4 is 22.4 Å². The van der Waals surface area contributed by atoms with E-state index in [0.29, 0.717) is 15.8 Å². The lowest BCUT2D eigenvalue weighted by Crippen LogP contribution is -2.29. The molecule has 9 heteroatoms. The van der Waals surface area contributed by atoms with Gasteiger partial charge in [0, 0.05) is 17.5 Å². The van der Waals surface area contributed by atoms with Crippen molar-refractivity contribution in [2.75, 3.05) is 7.11 Å². The van der Waals surface area contributed by atoms with Gasteiger partial charge in [0.15, 0.2) is 0 Å². The van der Waals surface area contributed by atoms with Gasteiger partial charge in [-0.3, -0.25) is 4.79 Å². The number of aliphatic hydroxyl groups is 2. The number of methoxy groups -OCH3 is 1. The van der Waals surface area contributed by atoms with Crippen LogP contribution in [-0.2, 0) is 17.3 Å². The average Bonchev–Trinajstić information content (AvgIpc) is 2.77. The summed E-state index contributed by atoms with van der Waals surface area (Å²) in [7, 11) is 1.05. The third-order valence-electron chi connectivity index (χ3n) is 4.84. The Morgan fingerprint density at radius 2 is 1.74 bits per heavy atom. The van der Waals surface area contributed by atoms with Crippen LogP contribution in [-0.4, -0.2) is 32.1 Å². The summed E-state index contributed by atoms with van der Waals surface area (Å²) in [6.07, 6.45) is 0. The van der Waals surface area contributed by atoms with E-state index in [1.54, 1.807) is 48.5 Å². The van der Waals surface area contributed by atoms with Gasteiger partial charge in [0.1, 0.15) is 11.4 Å². The third-order valence-corrected chi connectivity index (χ3v) is 5.09. The number of pyridine rings is 1. The van der Waals surface area contributed by atoms with E-state index in [9.17, 15) is 19.4 Å². The molecule has 0 aliphatic carbocycles. The van der Waals surface area contributed by atoms with Gasteiger partial charge in [-0.1, -0.05) is 41.9 Å². The number of halogens is 2. The predicted molar refractivity (Wildman–Crippen MR) is 113 cm³/mol. The number of rotatable bonds is 5. The lowest BCUT2D eigenvalue weighted by Gasteiger charge is -2.19. The zero-order chi connectivity index (χ0) is 22.2. The predicted octanol–water partition coefficient (Wildman–Crippen LogP) is 3.04. The maximum absolute atomic E-state index is 14.9. The second-order valence-corrected chi connectivity index (χ2v) is 7.27. The summed E-state index contributed by atoms with van der Waals surface area (Å²) in [6, 6.07) is 16.2. The van der Waals surface area contributed by atoms with Gasteiger partial charge in [0.2, 0.25) is 5.95 Å². The minimum absolute atomic E-state index is 0.00305. The van der Waals surface area contributed by atoms with Crippen molar-refractivity contribution in [3.05, 3.63) is 93.2 Å². The van der Waals surface area contributed by atoms with Crippen LogP contribution in [0.15, 0.2) is 65.5 Å². The van der Waals surface area contributed by atoms with Crippen molar-refractivity contribution in [3.8, 4) is 11.3 Å². The van der Waals surface area contributed by atoms with E-state index in [-0.39, 0.29) is 23.4 Å². The topological polar surface area (TPSA) is 97.5 Å². The molecule has 2 heterocycles. The first-order valence-electron chi connectivity index (χ1n) is 9.22. The Kier molecular flexibility index (Phi) is 5.55. The second kappa shape index (κ2) is 8.16. The maximum Gasteiger partial charge on any atom is 0.324 e. The lowest BCUT2D eigenvalue weighted by atomic mass is 10.1. The summed E-state index contributed by atoms with van der Waals surface area (Å²) >= 11 is 5.92. The molecule has 0 atom stereocenters. The van der Waals surface area contributed by atoms with Crippen LogP contribution in [0.4, 0.5) is 4.39 Å². The molecule has 2 aromatic carbocycles. The SMILES string of the molecule is COC(O)(O)c1ccc(-c2nn(Cc3ccc(Cl)cc3)c(=O)c3ccccc23)c(F)n1. The van der Waals surface area contributed by atoms with E-state index in [2.05, 4.69) is 14.8 Å². The summed E-state index contributed by atoms with van der Waals surface area (Å²) in [5, 5.41) is 25.3. The zero-order valence-electron chi connectivity index (χ0n) is 16.3. The number of aromatic nitrogens is 3. The Hall–Kier alpha value is -3.17. The minimum atomic E-state index is -2.73. The van der Waals surface area contributed by atoms with Crippen LogP contribution < -0.4 is 5.56 Å². The highest BCUT2D eigenvalue weighted by Gasteiger charge is 2.29. The average molecular weight is 442 g/mol. The molecule has 158 valence electrons. The van der Waals surface area contributed by atoms with Gasteiger partial charge >= 0.3 is 5.97 Å². The maximum atomic E-state index is 14.9. The van der Waals surface area contributed by atoms with E-state index >= 15 is 0 Å². The lowest BCUT2D eigenvalue weighted by molar-refractivity contribution is -0.341. The van der Waals surface area contributed by atoms with Gasteiger partial charge in [-0.05, 0) is 35.9 Å². The van der Waals surface area contributed by atoms with E-state index in [1.807, 2.05) is 0 Å². The number of hydrogen-bond donors (Lipinski definition) is 2. The molecule has 0 bridgehead atoms. The summed E-state index contributed by atoms with van der Waals surface area (Å²) < 4.78 is 20.7. The van der Waals surface area contributed by atoms with Crippen molar-refractivity contribution in [1.29, 1.82) is 0 Å². The van der Waals surface area contributed by atoms with Crippen LogP contribution in [0, 0.1) is 5.95 Å². The highest BCUT2D eigenvalue weighted by molar-refractivity contribution is 6.30. The number of hydrogen-bond acceptors (Lipinski definition) is 6. The van der Waals surface area contributed by atoms with E-state index in [0.717, 1.165) is 12.7 Å². The van der Waals surface area contributed by atoms with Gasteiger partial charge in [0.05, 0.1) is 17.5 Å². The molecule has 7 nitrogen and oxygen atoms in total. The molecule has 31 heavy (non-hydrogen) atoms. The van der Waals surface area contributed by atoms with Crippen molar-refractivity contribution in [2.45, 2.75) is 12.5 Å². The van der Waals surface area contributed by atoms with E-state index in [1.165, 1.54) is 16.8 Å². The Balaban J connectivity index is 1.89. The Labute approximate surface area is 180 Å². The standard InChI is InChI=1S/C22H17ClFN3O4/c1-31-22(29,30)18-11-10-17(20(24)25-18)19-15-4-2-3-5-16(15)21(28)27(26-19)12-13-6-8-14(23)9-7-13/h2-11,29-30H,12H2,1H3. The molecule has 2 N–H and O–H groups in total. The van der Waals surface area contributed by atoms with Crippen molar-refractivity contribution in [3.63, 3.8) is 0 Å². The van der Waals surface area contributed by atoms with Crippen LogP contribution in [0.1, 0.15) is 11.3 Å². The molecule has 0 aliphatic rings. The highest BCUT2D eigenvalue weighted by atomic mass is 35.5. The Bertz CT molecular complexity index is 1320. The minimum Gasteiger partial charge on any atom is -0.338 e. The highest BCUT2D eigenvalue weighted by Crippen LogP contribution is 2.28.